The number of allylic oxidation sites excluding steroid dienone is 3. The van der Waals surface area contributed by atoms with Crippen molar-refractivity contribution in [3.05, 3.63) is 24.3 Å². The molecule has 0 aliphatic carbocycles. The van der Waals surface area contributed by atoms with Crippen LogP contribution in [-0.2, 0) is 18.4 Å². The summed E-state index contributed by atoms with van der Waals surface area (Å²) >= 11 is 0. The van der Waals surface area contributed by atoms with Gasteiger partial charge in [0.25, 0.3) is 0 Å². The van der Waals surface area contributed by atoms with Crippen LogP contribution in [0.4, 0.5) is 0 Å². The highest BCUT2D eigenvalue weighted by Gasteiger charge is 2.27. The third-order valence-electron chi connectivity index (χ3n) is 13.4. The van der Waals surface area contributed by atoms with Crippen molar-refractivity contribution in [2.45, 2.75) is 302 Å². The second-order valence-corrected chi connectivity index (χ2v) is 22.8. The maximum absolute atomic E-state index is 13.0. The van der Waals surface area contributed by atoms with E-state index in [4.69, 9.17) is 9.05 Å². The van der Waals surface area contributed by atoms with Crippen LogP contribution in [0, 0.1) is 0 Å². The molecule has 0 radical (unpaired) electrons. The lowest BCUT2D eigenvalue weighted by molar-refractivity contribution is -0.870. The molecular weight excluding hydrogens is 852 g/mol. The van der Waals surface area contributed by atoms with Crippen molar-refractivity contribution >= 4 is 13.7 Å². The Kier molecular flexibility index (Phi) is 49.2. The van der Waals surface area contributed by atoms with E-state index < -0.39 is 20.0 Å². The average molecular weight is 969 g/mol. The van der Waals surface area contributed by atoms with Gasteiger partial charge < -0.3 is 19.8 Å². The first-order chi connectivity index (χ1) is 32.5. The Hall–Kier alpha value is -1.02. The van der Waals surface area contributed by atoms with Gasteiger partial charge in [-0.05, 0) is 44.9 Å². The highest BCUT2D eigenvalue weighted by Crippen LogP contribution is 2.43. The normalized spacial score (nSPS) is 14.1. The first-order valence-electron chi connectivity index (χ1n) is 29.2. The monoisotopic (exact) mass is 968 g/mol. The lowest BCUT2D eigenvalue weighted by Crippen LogP contribution is -2.45. The first-order valence-corrected chi connectivity index (χ1v) is 30.7. The van der Waals surface area contributed by atoms with E-state index in [2.05, 4.69) is 31.3 Å². The number of nitrogens with one attached hydrogen (secondary N) is 1. The molecular formula is C58H116N2O6P+. The zero-order chi connectivity index (χ0) is 49.2. The summed E-state index contributed by atoms with van der Waals surface area (Å²) in [4.78, 5) is 23.3. The number of phosphoric acid groups is 1. The third-order valence-corrected chi connectivity index (χ3v) is 14.4. The molecule has 0 saturated heterocycles. The molecule has 0 aliphatic rings. The quantitative estimate of drug-likeness (QED) is 0.0243. The van der Waals surface area contributed by atoms with Crippen LogP contribution in [0.5, 0.6) is 0 Å². The molecule has 1 amide bonds. The van der Waals surface area contributed by atoms with Crippen molar-refractivity contribution in [2.75, 3.05) is 40.9 Å². The molecule has 0 aromatic rings. The standard InChI is InChI=1S/C58H115N2O6P/c1-6-8-10-12-14-16-18-20-22-24-25-26-27-28-29-30-31-32-33-34-36-37-39-41-43-45-47-49-51-57(61)56(55-66-67(63,64)65-54-53-60(3,4)5)59-58(62)52-50-48-46-44-42-40-38-35-23-21-19-17-15-13-11-9-7-2/h21,23,49,51,56-57,61H,6-20,22,24-48,50,52-55H2,1-5H3,(H-,59,62,63,64)/p+1/b23-21-,51-49+. The minimum atomic E-state index is -4.35. The summed E-state index contributed by atoms with van der Waals surface area (Å²) in [6.07, 6.45) is 62.8. The molecule has 9 heteroatoms. The molecule has 0 spiro atoms. The molecule has 0 bridgehead atoms. The summed E-state index contributed by atoms with van der Waals surface area (Å²) < 4.78 is 23.7. The van der Waals surface area contributed by atoms with Crippen LogP contribution in [0.25, 0.3) is 0 Å². The van der Waals surface area contributed by atoms with E-state index >= 15 is 0 Å². The van der Waals surface area contributed by atoms with E-state index in [1.807, 2.05) is 27.2 Å². The third kappa shape index (κ3) is 52.6. The molecule has 3 unspecified atom stereocenters. The second-order valence-electron chi connectivity index (χ2n) is 21.4. The Bertz CT molecular complexity index is 1140. The van der Waals surface area contributed by atoms with Crippen LogP contribution in [0.15, 0.2) is 24.3 Å². The predicted molar refractivity (Wildman–Crippen MR) is 291 cm³/mol. The van der Waals surface area contributed by atoms with Gasteiger partial charge in [-0.2, -0.15) is 0 Å². The first kappa shape index (κ1) is 66.0. The molecule has 0 aromatic carbocycles. The van der Waals surface area contributed by atoms with Gasteiger partial charge in [0.2, 0.25) is 5.91 Å². The van der Waals surface area contributed by atoms with Gasteiger partial charge in [0.1, 0.15) is 13.2 Å². The van der Waals surface area contributed by atoms with Gasteiger partial charge in [-0.25, -0.2) is 4.57 Å². The Morgan fingerprint density at radius 2 is 0.806 bits per heavy atom. The molecule has 0 fully saturated rings. The van der Waals surface area contributed by atoms with E-state index in [-0.39, 0.29) is 19.1 Å². The van der Waals surface area contributed by atoms with Crippen molar-refractivity contribution < 1.29 is 32.9 Å². The molecule has 0 aliphatic heterocycles. The number of phosphoric ester groups is 1. The van der Waals surface area contributed by atoms with Gasteiger partial charge >= 0.3 is 7.82 Å². The summed E-state index contributed by atoms with van der Waals surface area (Å²) in [5.74, 6) is -0.178. The molecule has 0 aromatic heterocycles. The average Bonchev–Trinajstić information content (AvgIpc) is 3.29. The summed E-state index contributed by atoms with van der Waals surface area (Å²) in [5.41, 5.74) is 0. The summed E-state index contributed by atoms with van der Waals surface area (Å²) in [6, 6.07) is -0.847. The number of aliphatic hydroxyl groups excluding tert-OH is 1. The van der Waals surface area contributed by atoms with E-state index in [1.54, 1.807) is 6.08 Å². The molecule has 398 valence electrons. The van der Waals surface area contributed by atoms with Gasteiger partial charge in [0.05, 0.1) is 39.9 Å². The van der Waals surface area contributed by atoms with Gasteiger partial charge in [-0.1, -0.05) is 263 Å². The number of unbranched alkanes of at least 4 members (excludes halogenated alkanes) is 39. The Labute approximate surface area is 417 Å². The smallest absolute Gasteiger partial charge is 0.387 e. The highest BCUT2D eigenvalue weighted by atomic mass is 31.2. The lowest BCUT2D eigenvalue weighted by atomic mass is 10.0. The molecule has 3 N–H and O–H groups in total. The summed E-state index contributed by atoms with van der Waals surface area (Å²) in [7, 11) is 1.58. The molecule has 3 atom stereocenters. The summed E-state index contributed by atoms with van der Waals surface area (Å²) in [5, 5.41) is 13.9. The number of aliphatic hydroxyl groups is 1. The largest absolute Gasteiger partial charge is 0.472 e. The van der Waals surface area contributed by atoms with E-state index in [9.17, 15) is 19.4 Å². The number of rotatable bonds is 54. The van der Waals surface area contributed by atoms with Crippen molar-refractivity contribution in [3.8, 4) is 0 Å². The minimum Gasteiger partial charge on any atom is -0.387 e. The zero-order valence-electron chi connectivity index (χ0n) is 45.4. The second kappa shape index (κ2) is 49.9. The Morgan fingerprint density at radius 1 is 0.493 bits per heavy atom. The van der Waals surface area contributed by atoms with Gasteiger partial charge in [-0.3, -0.25) is 13.8 Å². The SMILES string of the molecule is CCCCCCCC/C=C\CCCCCCCCCC(=O)NC(COP(=O)(O)OCC[N+](C)(C)C)C(O)/C=C/CCCCCCCCCCCCCCCCCCCCCCCCCCCC. The number of carbonyl (C=O) groups excluding carboxylic acids is 1. The predicted octanol–water partition coefficient (Wildman–Crippen LogP) is 17.6. The topological polar surface area (TPSA) is 105 Å². The fourth-order valence-electron chi connectivity index (χ4n) is 8.80. The van der Waals surface area contributed by atoms with Crippen molar-refractivity contribution in [1.29, 1.82) is 0 Å². The van der Waals surface area contributed by atoms with Crippen molar-refractivity contribution in [2.24, 2.45) is 0 Å². The van der Waals surface area contributed by atoms with Crippen LogP contribution in [-0.4, -0.2) is 73.4 Å². The zero-order valence-corrected chi connectivity index (χ0v) is 46.3. The van der Waals surface area contributed by atoms with Crippen LogP contribution in [0.2, 0.25) is 0 Å². The van der Waals surface area contributed by atoms with E-state index in [0.717, 1.165) is 38.5 Å². The fourth-order valence-corrected chi connectivity index (χ4v) is 9.54. The van der Waals surface area contributed by atoms with E-state index in [0.29, 0.717) is 17.4 Å². The molecule has 0 rings (SSSR count). The van der Waals surface area contributed by atoms with Gasteiger partial charge in [0.15, 0.2) is 0 Å². The Morgan fingerprint density at radius 3 is 1.15 bits per heavy atom. The molecule has 0 saturated carbocycles. The van der Waals surface area contributed by atoms with Gasteiger partial charge in [0, 0.05) is 6.42 Å². The number of likely N-dealkylation sites (N-methyl/N-ethyl adjacent to an activating group) is 1. The number of carbonyl (C=O) groups is 1. The fraction of sp³-hybridized carbons (Fsp3) is 0.914. The number of hydrogen-bond acceptors (Lipinski definition) is 5. The number of quaternary nitrogens is 1. The highest BCUT2D eigenvalue weighted by molar-refractivity contribution is 7.47. The molecule has 0 heterocycles. The van der Waals surface area contributed by atoms with Crippen LogP contribution in [0.1, 0.15) is 290 Å². The maximum Gasteiger partial charge on any atom is 0.472 e. The van der Waals surface area contributed by atoms with Gasteiger partial charge in [-0.15, -0.1) is 0 Å². The van der Waals surface area contributed by atoms with E-state index in [1.165, 1.54) is 231 Å². The number of amides is 1. The maximum atomic E-state index is 13.0. The summed E-state index contributed by atoms with van der Waals surface area (Å²) in [6.45, 7) is 4.85. The number of hydrogen-bond donors (Lipinski definition) is 3. The Balaban J connectivity index is 4.15. The minimum absolute atomic E-state index is 0.0623. The molecule has 67 heavy (non-hydrogen) atoms. The van der Waals surface area contributed by atoms with Crippen molar-refractivity contribution in [3.63, 3.8) is 0 Å². The molecule has 8 nitrogen and oxygen atoms in total. The number of nitrogens with zero attached hydrogens (tertiary/aromatic N) is 1. The van der Waals surface area contributed by atoms with Crippen molar-refractivity contribution in [1.82, 2.24) is 5.32 Å². The van der Waals surface area contributed by atoms with Crippen LogP contribution in [0.3, 0.4) is 0 Å². The van der Waals surface area contributed by atoms with Crippen LogP contribution >= 0.6 is 7.82 Å². The van der Waals surface area contributed by atoms with Crippen LogP contribution < -0.4 is 5.32 Å². The lowest BCUT2D eigenvalue weighted by Gasteiger charge is -2.25.